The lowest BCUT2D eigenvalue weighted by atomic mass is 10.1. The molecule has 1 fully saturated rings. The van der Waals surface area contributed by atoms with Crippen LogP contribution >= 0.6 is 78.3 Å². The summed E-state index contributed by atoms with van der Waals surface area (Å²) in [6.45, 7) is 0. The molecule has 2 bridgehead atoms. The number of aliphatic hydroxyl groups is 1. The predicted molar refractivity (Wildman–Crippen MR) is 67.3 cm³/mol. The topological polar surface area (TPSA) is 20.2 Å². The minimum atomic E-state index is -1.13. The molecule has 4 unspecified atom stereocenters. The molecule has 1 N–H and O–H groups in total. The third-order valence-electron chi connectivity index (χ3n) is 2.72. The fourth-order valence-electron chi connectivity index (χ4n) is 1.85. The molecular weight excluding hydrogens is 402 g/mol. The van der Waals surface area contributed by atoms with Crippen LogP contribution in [-0.2, 0) is 0 Å². The Morgan fingerprint density at radius 3 is 1.50 bits per heavy atom. The summed E-state index contributed by atoms with van der Waals surface area (Å²) in [6.07, 6.45) is -1.01. The average Bonchev–Trinajstić information content (AvgIpc) is 2.37. The fraction of sp³-hybridized carbons (Fsp3) is 0.714. The number of aliphatic hydroxyl groups excluding tert-OH is 1. The van der Waals surface area contributed by atoms with E-state index >= 15 is 0 Å². The normalized spacial score (nSPS) is 57.2. The third kappa shape index (κ3) is 1.08. The minimum absolute atomic E-state index is 0.223. The second kappa shape index (κ2) is 3.41. The number of hydrogen-bond acceptors (Lipinski definition) is 1. The molecule has 1 saturated carbocycles. The smallest absolute Gasteiger partial charge is 0.123 e. The van der Waals surface area contributed by atoms with Crippen molar-refractivity contribution in [3.05, 3.63) is 10.1 Å². The number of alkyl halides is 4. The van der Waals surface area contributed by atoms with Crippen LogP contribution in [0.5, 0.6) is 0 Å². The highest BCUT2D eigenvalue weighted by Crippen LogP contribution is 2.66. The summed E-state index contributed by atoms with van der Waals surface area (Å²) < 4.78 is 0. The Balaban J connectivity index is 2.66. The second-order valence-electron chi connectivity index (χ2n) is 3.37. The Morgan fingerprint density at radius 2 is 1.29 bits per heavy atom. The molecule has 0 spiro atoms. The predicted octanol–water partition coefficient (Wildman–Crippen LogP) is 3.55. The number of fused-ring (bicyclic) bond motifs is 2. The molecule has 0 aromatic heterocycles. The van der Waals surface area contributed by atoms with Crippen LogP contribution in [0, 0.1) is 0 Å². The summed E-state index contributed by atoms with van der Waals surface area (Å²) in [5.74, 6) is 0. The van der Waals surface area contributed by atoms with Gasteiger partial charge >= 0.3 is 0 Å². The van der Waals surface area contributed by atoms with Crippen LogP contribution in [-0.4, -0.2) is 30.6 Å². The molecule has 0 aromatic rings. The van der Waals surface area contributed by atoms with E-state index in [1.807, 2.05) is 0 Å². The fourth-order valence-corrected chi connectivity index (χ4v) is 5.90. The quantitative estimate of drug-likeness (QED) is 0.611. The lowest BCUT2D eigenvalue weighted by molar-refractivity contribution is 0.156. The Morgan fingerprint density at radius 1 is 1.00 bits per heavy atom. The van der Waals surface area contributed by atoms with Gasteiger partial charge in [-0.05, 0) is 0 Å². The van der Waals surface area contributed by atoms with E-state index < -0.39 is 15.9 Å². The molecule has 0 aromatic carbocycles. The van der Waals surface area contributed by atoms with Crippen molar-refractivity contribution in [2.45, 2.75) is 25.5 Å². The van der Waals surface area contributed by atoms with E-state index in [9.17, 15) is 5.11 Å². The maximum absolute atomic E-state index is 9.99. The maximum Gasteiger partial charge on any atom is 0.123 e. The van der Waals surface area contributed by atoms with Crippen molar-refractivity contribution in [2.24, 2.45) is 0 Å². The van der Waals surface area contributed by atoms with Crippen molar-refractivity contribution in [3.63, 3.8) is 0 Å². The first-order valence-electron chi connectivity index (χ1n) is 3.69. The van der Waals surface area contributed by atoms with Crippen molar-refractivity contribution in [2.75, 3.05) is 0 Å². The summed E-state index contributed by atoms with van der Waals surface area (Å²) in [5.41, 5.74) is 0. The molecule has 0 aliphatic heterocycles. The maximum atomic E-state index is 9.99. The second-order valence-corrected chi connectivity index (χ2v) is 7.35. The van der Waals surface area contributed by atoms with E-state index in [4.69, 9.17) is 46.4 Å². The Kier molecular flexibility index (Phi) is 2.99. The van der Waals surface area contributed by atoms with Gasteiger partial charge in [-0.15, -0.1) is 23.2 Å². The summed E-state index contributed by atoms with van der Waals surface area (Å²) in [6, 6.07) is 0. The van der Waals surface area contributed by atoms with E-state index in [1.54, 1.807) is 0 Å². The van der Waals surface area contributed by atoms with Gasteiger partial charge in [-0.3, -0.25) is 0 Å². The number of rotatable bonds is 0. The van der Waals surface area contributed by atoms with Gasteiger partial charge in [0.1, 0.15) is 15.9 Å². The number of halogens is 6. The van der Waals surface area contributed by atoms with Gasteiger partial charge in [0.2, 0.25) is 0 Å². The van der Waals surface area contributed by atoms with Gasteiger partial charge in [0, 0.05) is 0 Å². The van der Waals surface area contributed by atoms with Crippen LogP contribution in [0.25, 0.3) is 0 Å². The summed E-state index contributed by atoms with van der Waals surface area (Å²) in [5, 5.41) is 10.4. The molecule has 0 saturated heterocycles. The highest BCUT2D eigenvalue weighted by atomic mass is 79.9. The van der Waals surface area contributed by atoms with Crippen LogP contribution in [0.1, 0.15) is 0 Å². The van der Waals surface area contributed by atoms with Crippen LogP contribution < -0.4 is 0 Å². The first kappa shape index (κ1) is 12.3. The SMILES string of the molecule is OC1C2(Cl)C(Cl)=C(Cl)C1(Cl)C(Br)C2Br. The van der Waals surface area contributed by atoms with Crippen molar-refractivity contribution >= 4 is 78.3 Å². The summed E-state index contributed by atoms with van der Waals surface area (Å²) in [4.78, 5) is -2.79. The summed E-state index contributed by atoms with van der Waals surface area (Å²) in [7, 11) is 0. The van der Waals surface area contributed by atoms with Gasteiger partial charge in [0.25, 0.3) is 0 Å². The molecule has 1 nitrogen and oxygen atoms in total. The van der Waals surface area contributed by atoms with Gasteiger partial charge in [-0.2, -0.15) is 0 Å². The average molecular weight is 406 g/mol. The Bertz CT molecular complexity index is 306. The van der Waals surface area contributed by atoms with Crippen LogP contribution in [0.15, 0.2) is 10.1 Å². The van der Waals surface area contributed by atoms with Gasteiger partial charge in [-0.25, -0.2) is 0 Å². The molecule has 14 heavy (non-hydrogen) atoms. The van der Waals surface area contributed by atoms with Gasteiger partial charge in [0.05, 0.1) is 19.7 Å². The Labute approximate surface area is 118 Å². The molecule has 0 radical (unpaired) electrons. The standard InChI is InChI=1S/C7H4Br2Cl4O/c8-1-2(9)7(13)4(11)3(10)6(1,12)5(7)14/h1-2,5,14H. The highest BCUT2D eigenvalue weighted by molar-refractivity contribution is 9.12. The monoisotopic (exact) mass is 402 g/mol. The molecule has 80 valence electrons. The van der Waals surface area contributed by atoms with Gasteiger partial charge in [0.15, 0.2) is 0 Å². The van der Waals surface area contributed by atoms with Gasteiger partial charge in [-0.1, -0.05) is 55.1 Å². The van der Waals surface area contributed by atoms with E-state index in [2.05, 4.69) is 31.9 Å². The van der Waals surface area contributed by atoms with Crippen molar-refractivity contribution in [1.82, 2.24) is 0 Å². The molecule has 0 heterocycles. The molecule has 7 heteroatoms. The Hall–Kier alpha value is 1.82. The highest BCUT2D eigenvalue weighted by Gasteiger charge is 2.73. The largest absolute Gasteiger partial charge is 0.389 e. The van der Waals surface area contributed by atoms with E-state index in [0.717, 1.165) is 0 Å². The first-order chi connectivity index (χ1) is 6.29. The van der Waals surface area contributed by atoms with E-state index in [0.29, 0.717) is 0 Å². The minimum Gasteiger partial charge on any atom is -0.389 e. The molecule has 2 aliphatic rings. The molecule has 2 aliphatic carbocycles. The zero-order chi connectivity index (χ0) is 10.9. The zero-order valence-corrected chi connectivity index (χ0v) is 12.6. The first-order valence-corrected chi connectivity index (χ1v) is 7.03. The van der Waals surface area contributed by atoms with Gasteiger partial charge < -0.3 is 5.11 Å². The number of hydrogen-bond donors (Lipinski definition) is 1. The van der Waals surface area contributed by atoms with Crippen LogP contribution in [0.3, 0.4) is 0 Å². The summed E-state index contributed by atoms with van der Waals surface area (Å²) >= 11 is 31.1. The van der Waals surface area contributed by atoms with Crippen LogP contribution in [0.4, 0.5) is 0 Å². The molecule has 0 amide bonds. The van der Waals surface area contributed by atoms with Crippen molar-refractivity contribution in [3.8, 4) is 0 Å². The van der Waals surface area contributed by atoms with E-state index in [1.165, 1.54) is 0 Å². The zero-order valence-electron chi connectivity index (χ0n) is 6.45. The van der Waals surface area contributed by atoms with Crippen molar-refractivity contribution in [1.29, 1.82) is 0 Å². The van der Waals surface area contributed by atoms with E-state index in [-0.39, 0.29) is 19.7 Å². The molecular formula is C7H4Br2Cl4O. The van der Waals surface area contributed by atoms with Crippen LogP contribution in [0.2, 0.25) is 0 Å². The molecule has 4 atom stereocenters. The lowest BCUT2D eigenvalue weighted by Gasteiger charge is -2.29. The molecule has 2 rings (SSSR count). The lowest BCUT2D eigenvalue weighted by Crippen LogP contribution is -2.39. The third-order valence-corrected chi connectivity index (χ3v) is 9.01. The van der Waals surface area contributed by atoms with Crippen molar-refractivity contribution < 1.29 is 5.11 Å².